The van der Waals surface area contributed by atoms with Gasteiger partial charge in [0, 0.05) is 24.1 Å². The summed E-state index contributed by atoms with van der Waals surface area (Å²) in [6.07, 6.45) is -8.50. The van der Waals surface area contributed by atoms with Crippen molar-refractivity contribution in [2.24, 2.45) is 4.99 Å². The Kier molecular flexibility index (Phi) is 6.40. The molecular formula is C18H15F4N3OS2. The van der Waals surface area contributed by atoms with E-state index < -0.39 is 18.3 Å². The highest BCUT2D eigenvalue weighted by Gasteiger charge is 2.44. The highest BCUT2D eigenvalue weighted by molar-refractivity contribution is 8.14. The Labute approximate surface area is 168 Å². The molecule has 0 bridgehead atoms. The first-order chi connectivity index (χ1) is 13.3. The zero-order chi connectivity index (χ0) is 20.1. The molecule has 1 saturated heterocycles. The molecule has 0 aliphatic carbocycles. The van der Waals surface area contributed by atoms with E-state index in [0.29, 0.717) is 22.5 Å². The van der Waals surface area contributed by atoms with Crippen LogP contribution in [0.3, 0.4) is 0 Å². The first-order valence-corrected chi connectivity index (χ1v) is 9.54. The van der Waals surface area contributed by atoms with Gasteiger partial charge in [0.25, 0.3) is 0 Å². The number of ether oxygens (including phenoxy) is 1. The molecular weight excluding hydrogens is 414 g/mol. The number of aliphatic imine (C=N–C) groups is 1. The van der Waals surface area contributed by atoms with Gasteiger partial charge in [-0.25, -0.2) is 4.99 Å². The summed E-state index contributed by atoms with van der Waals surface area (Å²) < 4.78 is 54.9. The number of amidine groups is 1. The smallest absolute Gasteiger partial charge is 0.428 e. The number of thiocarbonyl (C=S) groups is 1. The molecule has 1 fully saturated rings. The molecule has 0 aromatic heterocycles. The Morgan fingerprint density at radius 3 is 2.64 bits per heavy atom. The van der Waals surface area contributed by atoms with Crippen LogP contribution in [0.4, 0.5) is 28.9 Å². The van der Waals surface area contributed by atoms with Crippen molar-refractivity contribution in [3.63, 3.8) is 0 Å². The highest BCUT2D eigenvalue weighted by atomic mass is 32.2. The maximum Gasteiger partial charge on any atom is 0.461 e. The standard InChI is InChI=1S/C18H15F4N3OS2/c19-15(20)18(21,22)26-14-8-4-7-13(11-14)23-16(27)25-9-10-28-17(25)24-12-5-2-1-3-6-12/h1-8,11,15H,9-10H2,(H,23,27). The third-order valence-corrected chi connectivity index (χ3v) is 4.88. The van der Waals surface area contributed by atoms with Gasteiger partial charge in [0.2, 0.25) is 0 Å². The van der Waals surface area contributed by atoms with E-state index in [9.17, 15) is 17.6 Å². The largest absolute Gasteiger partial charge is 0.461 e. The van der Waals surface area contributed by atoms with Crippen molar-refractivity contribution >= 4 is 45.6 Å². The lowest BCUT2D eigenvalue weighted by Gasteiger charge is -2.21. The van der Waals surface area contributed by atoms with Crippen LogP contribution in [0.5, 0.6) is 5.75 Å². The number of hydrogen-bond donors (Lipinski definition) is 1. The van der Waals surface area contributed by atoms with Crippen LogP contribution in [-0.4, -0.2) is 40.0 Å². The maximum absolute atomic E-state index is 13.1. The maximum atomic E-state index is 13.1. The predicted octanol–water partition coefficient (Wildman–Crippen LogP) is 5.36. The first-order valence-electron chi connectivity index (χ1n) is 8.15. The number of anilines is 1. The van der Waals surface area contributed by atoms with Gasteiger partial charge < -0.3 is 10.1 Å². The number of hydrogen-bond acceptors (Lipinski definition) is 4. The van der Waals surface area contributed by atoms with Crippen LogP contribution in [-0.2, 0) is 0 Å². The number of nitrogens with zero attached hydrogens (tertiary/aromatic N) is 2. The lowest BCUT2D eigenvalue weighted by molar-refractivity contribution is -0.253. The van der Waals surface area contributed by atoms with Crippen LogP contribution in [0.25, 0.3) is 0 Å². The molecule has 0 spiro atoms. The fraction of sp³-hybridized carbons (Fsp3) is 0.222. The van der Waals surface area contributed by atoms with Gasteiger partial charge in [-0.05, 0) is 36.5 Å². The fourth-order valence-electron chi connectivity index (χ4n) is 2.33. The van der Waals surface area contributed by atoms with Gasteiger partial charge in [-0.1, -0.05) is 36.0 Å². The van der Waals surface area contributed by atoms with Gasteiger partial charge in [0.15, 0.2) is 10.3 Å². The van der Waals surface area contributed by atoms with E-state index in [0.717, 1.165) is 11.4 Å². The quantitative estimate of drug-likeness (QED) is 0.512. The average Bonchev–Trinajstić information content (AvgIpc) is 3.10. The molecule has 1 aliphatic rings. The van der Waals surface area contributed by atoms with Crippen LogP contribution in [0.15, 0.2) is 59.6 Å². The molecule has 1 aliphatic heterocycles. The van der Waals surface area contributed by atoms with Gasteiger partial charge in [-0.15, -0.1) is 0 Å². The SMILES string of the molecule is FC(F)C(F)(F)Oc1cccc(NC(=S)N2CCSC2=Nc2ccccc2)c1. The molecule has 148 valence electrons. The van der Waals surface area contributed by atoms with Crippen LogP contribution < -0.4 is 10.1 Å². The minimum Gasteiger partial charge on any atom is -0.428 e. The minimum atomic E-state index is -4.57. The van der Waals surface area contributed by atoms with E-state index in [1.165, 1.54) is 30.0 Å². The van der Waals surface area contributed by atoms with E-state index >= 15 is 0 Å². The number of thioether (sulfide) groups is 1. The molecule has 0 atom stereocenters. The molecule has 4 nitrogen and oxygen atoms in total. The molecule has 3 rings (SSSR count). The number of halogens is 4. The summed E-state index contributed by atoms with van der Waals surface area (Å²) >= 11 is 6.93. The molecule has 1 heterocycles. The number of para-hydroxylation sites is 1. The van der Waals surface area contributed by atoms with E-state index in [1.54, 1.807) is 11.0 Å². The molecule has 2 aromatic carbocycles. The summed E-state index contributed by atoms with van der Waals surface area (Å²) in [5.41, 5.74) is 1.12. The Bertz CT molecular complexity index is 865. The van der Waals surface area contributed by atoms with Crippen molar-refractivity contribution in [2.45, 2.75) is 12.5 Å². The Hall–Kier alpha value is -2.33. The van der Waals surface area contributed by atoms with Crippen LogP contribution >= 0.6 is 24.0 Å². The number of nitrogens with one attached hydrogen (secondary N) is 1. The molecule has 28 heavy (non-hydrogen) atoms. The van der Waals surface area contributed by atoms with E-state index in [1.807, 2.05) is 30.3 Å². The lowest BCUT2D eigenvalue weighted by atomic mass is 10.3. The van der Waals surface area contributed by atoms with E-state index in [-0.39, 0.29) is 0 Å². The van der Waals surface area contributed by atoms with Gasteiger partial charge in [-0.2, -0.15) is 17.6 Å². The lowest BCUT2D eigenvalue weighted by Crippen LogP contribution is -2.35. The van der Waals surface area contributed by atoms with Crippen molar-refractivity contribution in [3.05, 3.63) is 54.6 Å². The Morgan fingerprint density at radius 1 is 1.18 bits per heavy atom. The highest BCUT2D eigenvalue weighted by Crippen LogP contribution is 2.29. The number of benzene rings is 2. The number of rotatable bonds is 5. The molecule has 0 saturated carbocycles. The molecule has 0 unspecified atom stereocenters. The Balaban J connectivity index is 1.71. The molecule has 1 N–H and O–H groups in total. The summed E-state index contributed by atoms with van der Waals surface area (Å²) in [5.74, 6) is 0.393. The third-order valence-electron chi connectivity index (χ3n) is 3.60. The van der Waals surface area contributed by atoms with Crippen molar-refractivity contribution in [3.8, 4) is 5.75 Å². The second-order valence-corrected chi connectivity index (χ2v) is 7.10. The third kappa shape index (κ3) is 5.14. The molecule has 10 heteroatoms. The van der Waals surface area contributed by atoms with E-state index in [4.69, 9.17) is 12.2 Å². The summed E-state index contributed by atoms with van der Waals surface area (Å²) in [4.78, 5) is 6.34. The van der Waals surface area contributed by atoms with Crippen molar-refractivity contribution in [2.75, 3.05) is 17.6 Å². The summed E-state index contributed by atoms with van der Waals surface area (Å²) in [7, 11) is 0. The zero-order valence-corrected chi connectivity index (χ0v) is 16.0. The molecule has 0 amide bonds. The predicted molar refractivity (Wildman–Crippen MR) is 107 cm³/mol. The second-order valence-electron chi connectivity index (χ2n) is 5.65. The average molecular weight is 429 g/mol. The van der Waals surface area contributed by atoms with Crippen molar-refractivity contribution in [1.82, 2.24) is 4.90 Å². The van der Waals surface area contributed by atoms with Crippen LogP contribution in [0.2, 0.25) is 0 Å². The molecule has 0 radical (unpaired) electrons. The topological polar surface area (TPSA) is 36.9 Å². The summed E-state index contributed by atoms with van der Waals surface area (Å²) in [6, 6.07) is 14.7. The van der Waals surface area contributed by atoms with Crippen molar-refractivity contribution in [1.29, 1.82) is 0 Å². The van der Waals surface area contributed by atoms with Crippen LogP contribution in [0, 0.1) is 0 Å². The Morgan fingerprint density at radius 2 is 1.93 bits per heavy atom. The normalized spacial score (nSPS) is 15.9. The number of alkyl halides is 4. The summed E-state index contributed by atoms with van der Waals surface area (Å²) in [6.45, 7) is 0.627. The zero-order valence-electron chi connectivity index (χ0n) is 14.3. The van der Waals surface area contributed by atoms with Gasteiger partial charge in [-0.3, -0.25) is 4.90 Å². The van der Waals surface area contributed by atoms with Gasteiger partial charge >= 0.3 is 12.5 Å². The van der Waals surface area contributed by atoms with Gasteiger partial charge in [0.05, 0.1) is 5.69 Å². The fourth-order valence-corrected chi connectivity index (χ4v) is 3.64. The minimum absolute atomic E-state index is 0.317. The second kappa shape index (κ2) is 8.78. The monoisotopic (exact) mass is 429 g/mol. The van der Waals surface area contributed by atoms with E-state index in [2.05, 4.69) is 15.0 Å². The van der Waals surface area contributed by atoms with Crippen molar-refractivity contribution < 1.29 is 22.3 Å². The van der Waals surface area contributed by atoms with Gasteiger partial charge in [0.1, 0.15) is 5.75 Å². The summed E-state index contributed by atoms with van der Waals surface area (Å²) in [5, 5.41) is 3.93. The first kappa shape index (κ1) is 20.4. The molecule has 2 aromatic rings. The van der Waals surface area contributed by atoms with Crippen LogP contribution in [0.1, 0.15) is 0 Å².